The molecule has 76 valence electrons. The van der Waals surface area contributed by atoms with E-state index < -0.39 is 0 Å². The zero-order valence-corrected chi connectivity index (χ0v) is 9.11. The van der Waals surface area contributed by atoms with E-state index in [9.17, 15) is 0 Å². The first kappa shape index (κ1) is 11.0. The van der Waals surface area contributed by atoms with Crippen LogP contribution in [-0.4, -0.2) is 37.6 Å². The Morgan fingerprint density at radius 2 is 2.46 bits per heavy atom. The van der Waals surface area contributed by atoms with Gasteiger partial charge in [-0.25, -0.2) is 0 Å². The molecule has 1 aliphatic rings. The van der Waals surface area contributed by atoms with Crippen molar-refractivity contribution in [3.63, 3.8) is 0 Å². The monoisotopic (exact) mass is 202 g/mol. The van der Waals surface area contributed by atoms with Gasteiger partial charge in [-0.1, -0.05) is 25.1 Å². The molecular weight excluding hydrogens is 184 g/mol. The molecule has 0 aromatic carbocycles. The van der Waals surface area contributed by atoms with Crippen molar-refractivity contribution in [2.24, 2.45) is 5.92 Å². The number of nitrogens with zero attached hydrogens (tertiary/aromatic N) is 1. The van der Waals surface area contributed by atoms with Crippen LogP contribution in [0.15, 0.2) is 11.6 Å². The highest BCUT2D eigenvalue weighted by Gasteiger charge is 2.20. The van der Waals surface area contributed by atoms with Crippen LogP contribution in [0, 0.1) is 5.92 Å². The summed E-state index contributed by atoms with van der Waals surface area (Å²) in [5.41, 5.74) is 0. The second-order valence-corrected chi connectivity index (χ2v) is 4.23. The maximum atomic E-state index is 5.65. The van der Waals surface area contributed by atoms with Crippen molar-refractivity contribution in [3.05, 3.63) is 11.6 Å². The van der Waals surface area contributed by atoms with Crippen molar-refractivity contribution in [1.82, 2.24) is 10.2 Å². The average molecular weight is 203 g/mol. The van der Waals surface area contributed by atoms with Crippen LogP contribution >= 0.6 is 11.6 Å². The summed E-state index contributed by atoms with van der Waals surface area (Å²) in [6.07, 6.45) is 1.32. The van der Waals surface area contributed by atoms with Crippen molar-refractivity contribution in [1.29, 1.82) is 0 Å². The molecule has 0 bridgehead atoms. The molecule has 0 aromatic rings. The third-order valence-corrected chi connectivity index (χ3v) is 2.70. The fourth-order valence-corrected chi connectivity index (χ4v) is 1.87. The summed E-state index contributed by atoms with van der Waals surface area (Å²) in [4.78, 5) is 2.49. The van der Waals surface area contributed by atoms with E-state index in [4.69, 9.17) is 11.6 Å². The van der Waals surface area contributed by atoms with E-state index in [0.717, 1.165) is 19.0 Å². The highest BCUT2D eigenvalue weighted by Crippen LogP contribution is 2.14. The van der Waals surface area contributed by atoms with E-state index in [2.05, 4.69) is 23.7 Å². The molecule has 1 atom stereocenters. The number of rotatable bonds is 5. The Morgan fingerprint density at radius 1 is 1.69 bits per heavy atom. The molecule has 1 unspecified atom stereocenters. The lowest BCUT2D eigenvalue weighted by molar-refractivity contribution is 0.340. The molecule has 1 aliphatic heterocycles. The minimum absolute atomic E-state index is 0.699. The Hall–Kier alpha value is -0.0500. The first-order valence-electron chi connectivity index (χ1n) is 4.98. The van der Waals surface area contributed by atoms with Gasteiger partial charge in [0.15, 0.2) is 0 Å². The van der Waals surface area contributed by atoms with Crippen molar-refractivity contribution in [2.75, 3.05) is 32.7 Å². The van der Waals surface area contributed by atoms with Gasteiger partial charge in [-0.15, -0.1) is 0 Å². The van der Waals surface area contributed by atoms with E-state index in [0.29, 0.717) is 5.03 Å². The first-order chi connectivity index (χ1) is 6.22. The van der Waals surface area contributed by atoms with Crippen LogP contribution in [0.2, 0.25) is 0 Å². The Bertz CT molecular complexity index is 170. The third kappa shape index (κ3) is 4.12. The molecule has 0 aliphatic carbocycles. The summed E-state index contributed by atoms with van der Waals surface area (Å²) in [5.74, 6) is 0.802. The molecule has 3 heteroatoms. The highest BCUT2D eigenvalue weighted by atomic mass is 35.5. The van der Waals surface area contributed by atoms with Crippen LogP contribution in [0.5, 0.6) is 0 Å². The smallest absolute Gasteiger partial charge is 0.0307 e. The third-order valence-electron chi connectivity index (χ3n) is 2.57. The van der Waals surface area contributed by atoms with Gasteiger partial charge in [0.05, 0.1) is 0 Å². The van der Waals surface area contributed by atoms with E-state index in [1.807, 2.05) is 0 Å². The Morgan fingerprint density at radius 3 is 3.00 bits per heavy atom. The maximum Gasteiger partial charge on any atom is 0.0307 e. The number of halogens is 1. The SMILES string of the molecule is C=C(Cl)CNCC1CCN(CC)C1. The Kier molecular flexibility index (Phi) is 4.78. The predicted octanol–water partition coefficient (Wildman–Crippen LogP) is 1.67. The second kappa shape index (κ2) is 5.63. The molecule has 1 saturated heterocycles. The minimum Gasteiger partial charge on any atom is -0.311 e. The van der Waals surface area contributed by atoms with Gasteiger partial charge in [0, 0.05) is 18.1 Å². The first-order valence-corrected chi connectivity index (χ1v) is 5.36. The number of nitrogens with one attached hydrogen (secondary N) is 1. The van der Waals surface area contributed by atoms with Crippen LogP contribution < -0.4 is 5.32 Å². The van der Waals surface area contributed by atoms with Crippen molar-refractivity contribution in [2.45, 2.75) is 13.3 Å². The standard InChI is InChI=1S/C10H19ClN2/c1-3-13-5-4-10(8-13)7-12-6-9(2)11/h10,12H,2-8H2,1H3. The largest absolute Gasteiger partial charge is 0.311 e. The van der Waals surface area contributed by atoms with Crippen LogP contribution in [-0.2, 0) is 0 Å². The number of hydrogen-bond donors (Lipinski definition) is 1. The summed E-state index contributed by atoms with van der Waals surface area (Å²) in [5, 5.41) is 4.01. The van der Waals surface area contributed by atoms with Gasteiger partial charge in [0.1, 0.15) is 0 Å². The molecule has 1 N–H and O–H groups in total. The van der Waals surface area contributed by atoms with E-state index in [1.54, 1.807) is 0 Å². The molecule has 0 saturated carbocycles. The Labute approximate surface area is 85.9 Å². The van der Waals surface area contributed by atoms with Crippen molar-refractivity contribution >= 4 is 11.6 Å². The van der Waals surface area contributed by atoms with Crippen LogP contribution in [0.1, 0.15) is 13.3 Å². The quantitative estimate of drug-likeness (QED) is 0.730. The van der Waals surface area contributed by atoms with Crippen molar-refractivity contribution < 1.29 is 0 Å². The zero-order valence-electron chi connectivity index (χ0n) is 8.35. The molecular formula is C10H19ClN2. The summed E-state index contributed by atoms with van der Waals surface area (Å²) in [7, 11) is 0. The molecule has 1 rings (SSSR count). The topological polar surface area (TPSA) is 15.3 Å². The molecule has 0 spiro atoms. The normalized spacial score (nSPS) is 23.7. The zero-order chi connectivity index (χ0) is 9.68. The lowest BCUT2D eigenvalue weighted by Crippen LogP contribution is -2.27. The van der Waals surface area contributed by atoms with Gasteiger partial charge >= 0.3 is 0 Å². The lowest BCUT2D eigenvalue weighted by atomic mass is 10.1. The summed E-state index contributed by atoms with van der Waals surface area (Å²) in [6, 6.07) is 0. The number of hydrogen-bond acceptors (Lipinski definition) is 2. The van der Waals surface area contributed by atoms with Crippen LogP contribution in [0.4, 0.5) is 0 Å². The fraction of sp³-hybridized carbons (Fsp3) is 0.800. The van der Waals surface area contributed by atoms with E-state index in [-0.39, 0.29) is 0 Å². The molecule has 0 aromatic heterocycles. The van der Waals surface area contributed by atoms with Gasteiger partial charge in [-0.2, -0.15) is 0 Å². The lowest BCUT2D eigenvalue weighted by Gasteiger charge is -2.13. The van der Waals surface area contributed by atoms with Gasteiger partial charge in [0.25, 0.3) is 0 Å². The summed E-state index contributed by atoms with van der Waals surface area (Å²) in [6.45, 7) is 11.3. The van der Waals surface area contributed by atoms with Gasteiger partial charge in [0.2, 0.25) is 0 Å². The molecule has 0 amide bonds. The fourth-order valence-electron chi connectivity index (χ4n) is 1.78. The number of likely N-dealkylation sites (tertiary alicyclic amines) is 1. The molecule has 1 fully saturated rings. The maximum absolute atomic E-state index is 5.65. The average Bonchev–Trinajstić information content (AvgIpc) is 2.52. The van der Waals surface area contributed by atoms with E-state index in [1.165, 1.54) is 26.1 Å². The predicted molar refractivity (Wildman–Crippen MR) is 58.1 cm³/mol. The molecule has 0 radical (unpaired) electrons. The molecule has 13 heavy (non-hydrogen) atoms. The Balaban J connectivity index is 2.07. The van der Waals surface area contributed by atoms with Crippen LogP contribution in [0.3, 0.4) is 0 Å². The van der Waals surface area contributed by atoms with Crippen LogP contribution in [0.25, 0.3) is 0 Å². The summed E-state index contributed by atoms with van der Waals surface area (Å²) >= 11 is 5.65. The van der Waals surface area contributed by atoms with Gasteiger partial charge in [-0.3, -0.25) is 0 Å². The van der Waals surface area contributed by atoms with Gasteiger partial charge in [-0.05, 0) is 32.0 Å². The second-order valence-electron chi connectivity index (χ2n) is 3.70. The minimum atomic E-state index is 0.699. The van der Waals surface area contributed by atoms with Crippen molar-refractivity contribution in [3.8, 4) is 0 Å². The van der Waals surface area contributed by atoms with E-state index >= 15 is 0 Å². The molecule has 2 nitrogen and oxygen atoms in total. The molecule has 1 heterocycles. The summed E-state index contributed by atoms with van der Waals surface area (Å²) < 4.78 is 0. The van der Waals surface area contributed by atoms with Gasteiger partial charge < -0.3 is 10.2 Å². The highest BCUT2D eigenvalue weighted by molar-refractivity contribution is 6.29.